The number of hydrogen-bond acceptors (Lipinski definition) is 6. The highest BCUT2D eigenvalue weighted by Crippen LogP contribution is 2.61. The van der Waals surface area contributed by atoms with Gasteiger partial charge in [-0.3, -0.25) is 9.59 Å². The van der Waals surface area contributed by atoms with Crippen molar-refractivity contribution in [1.82, 2.24) is 14.7 Å². The number of carbonyl (C=O) groups excluding carboxylic acids is 3. The van der Waals surface area contributed by atoms with Gasteiger partial charge in [0.1, 0.15) is 5.00 Å². The molecule has 4 aliphatic carbocycles. The largest absolute Gasteiger partial charge is 0.462 e. The van der Waals surface area contributed by atoms with Crippen LogP contribution in [0.15, 0.2) is 36.5 Å². The third kappa shape index (κ3) is 4.98. The highest BCUT2D eigenvalue weighted by Gasteiger charge is 2.54. The van der Waals surface area contributed by atoms with Gasteiger partial charge in [-0.1, -0.05) is 25.1 Å². The van der Waals surface area contributed by atoms with Gasteiger partial charge in [0.2, 0.25) is 0 Å². The lowest BCUT2D eigenvalue weighted by Crippen LogP contribution is -2.49. The zero-order valence-electron chi connectivity index (χ0n) is 24.2. The van der Waals surface area contributed by atoms with E-state index < -0.39 is 5.97 Å². The molecule has 1 aromatic carbocycles. The minimum Gasteiger partial charge on any atom is -0.462 e. The van der Waals surface area contributed by atoms with Gasteiger partial charge in [0.05, 0.1) is 34.0 Å². The van der Waals surface area contributed by atoms with Gasteiger partial charge < -0.3 is 15.0 Å². The van der Waals surface area contributed by atoms with Crippen molar-refractivity contribution in [3.05, 3.63) is 63.8 Å². The van der Waals surface area contributed by atoms with E-state index in [1.165, 1.54) is 24.2 Å². The van der Waals surface area contributed by atoms with Gasteiger partial charge in [0.25, 0.3) is 11.8 Å². The summed E-state index contributed by atoms with van der Waals surface area (Å²) in [6.07, 6.45) is 9.59. The fraction of sp³-hybridized carbons (Fsp3) is 0.500. The van der Waals surface area contributed by atoms with E-state index in [2.05, 4.69) is 5.32 Å². The molecule has 2 heterocycles. The summed E-state index contributed by atoms with van der Waals surface area (Å²) in [4.78, 5) is 42.2. The van der Waals surface area contributed by atoms with E-state index in [1.807, 2.05) is 48.1 Å². The molecule has 41 heavy (non-hydrogen) atoms. The van der Waals surface area contributed by atoms with Crippen molar-refractivity contribution in [1.29, 1.82) is 0 Å². The third-order valence-corrected chi connectivity index (χ3v) is 10.3. The smallest absolute Gasteiger partial charge is 0.341 e. The molecule has 8 nitrogen and oxygen atoms in total. The molecule has 0 atom stereocenters. The van der Waals surface area contributed by atoms with Gasteiger partial charge in [0, 0.05) is 25.7 Å². The second-order valence-electron chi connectivity index (χ2n) is 12.4. The fourth-order valence-electron chi connectivity index (χ4n) is 7.74. The lowest BCUT2D eigenvalue weighted by molar-refractivity contribution is -0.00765. The zero-order chi connectivity index (χ0) is 28.9. The molecule has 0 spiro atoms. The number of hydrogen-bond donors (Lipinski definition) is 1. The Kier molecular flexibility index (Phi) is 7.26. The van der Waals surface area contributed by atoms with E-state index in [-0.39, 0.29) is 29.4 Å². The van der Waals surface area contributed by atoms with Crippen molar-refractivity contribution < 1.29 is 19.1 Å². The van der Waals surface area contributed by atoms with Crippen LogP contribution in [0.4, 0.5) is 5.00 Å². The fourth-order valence-corrected chi connectivity index (χ4v) is 8.95. The number of esters is 1. The maximum Gasteiger partial charge on any atom is 0.341 e. The molecule has 4 saturated carbocycles. The topological polar surface area (TPSA) is 93.5 Å². The van der Waals surface area contributed by atoms with Crippen molar-refractivity contribution >= 4 is 34.1 Å². The number of nitrogens with zero attached hydrogens (tertiary/aromatic N) is 3. The lowest BCUT2D eigenvalue weighted by Gasteiger charge is -2.56. The standard InChI is InChI=1S/C32H38N4O4S/c1-5-11-40-31(39)25-19(2)26(30(38)35(3)4)41-29(25)33-28(37)24-18-36(23-9-7-6-8-10-23)34-27(24)32-15-20-12-21(16-32)14-22(13-20)17-32/h6-10,18,20-22H,5,11-17H2,1-4H3,(H,33,37). The number of ether oxygens (including phenoxy) is 1. The third-order valence-electron chi connectivity index (χ3n) is 9.14. The Labute approximate surface area is 245 Å². The van der Waals surface area contributed by atoms with E-state index in [4.69, 9.17) is 9.84 Å². The Bertz CT molecular complexity index is 1450. The van der Waals surface area contributed by atoms with Crippen LogP contribution in [0.2, 0.25) is 0 Å². The van der Waals surface area contributed by atoms with Gasteiger partial charge in [-0.05, 0) is 87.3 Å². The molecule has 0 aliphatic heterocycles. The summed E-state index contributed by atoms with van der Waals surface area (Å²) in [6, 6.07) is 9.87. The number of nitrogens with one attached hydrogen (secondary N) is 1. The number of rotatable bonds is 8. The predicted molar refractivity (Wildman–Crippen MR) is 159 cm³/mol. The summed E-state index contributed by atoms with van der Waals surface area (Å²) >= 11 is 1.12. The monoisotopic (exact) mass is 574 g/mol. The van der Waals surface area contributed by atoms with Crippen LogP contribution >= 0.6 is 11.3 Å². The van der Waals surface area contributed by atoms with Gasteiger partial charge >= 0.3 is 5.97 Å². The summed E-state index contributed by atoms with van der Waals surface area (Å²) < 4.78 is 7.28. The molecule has 4 fully saturated rings. The highest BCUT2D eigenvalue weighted by atomic mass is 32.1. The molecule has 0 unspecified atom stereocenters. The van der Waals surface area contributed by atoms with Crippen molar-refractivity contribution in [2.45, 2.75) is 64.2 Å². The molecular weight excluding hydrogens is 536 g/mol. The first-order valence-electron chi connectivity index (χ1n) is 14.7. The van der Waals surface area contributed by atoms with E-state index in [0.717, 1.165) is 42.0 Å². The first kappa shape index (κ1) is 27.7. The van der Waals surface area contributed by atoms with Gasteiger partial charge in [0.15, 0.2) is 0 Å². The SMILES string of the molecule is CCCOC(=O)c1c(NC(=O)c2cn(-c3ccccc3)nc2C23CC4CC(CC(C4)C2)C3)sc(C(=O)N(C)C)c1C. The quantitative estimate of drug-likeness (QED) is 0.322. The molecule has 4 aliphatic rings. The summed E-state index contributed by atoms with van der Waals surface area (Å²) in [5.41, 5.74) is 2.95. The van der Waals surface area contributed by atoms with E-state index >= 15 is 0 Å². The molecule has 3 aromatic rings. The Hall–Kier alpha value is -3.46. The predicted octanol–water partition coefficient (Wildman–Crippen LogP) is 6.23. The van der Waals surface area contributed by atoms with Gasteiger partial charge in [-0.15, -0.1) is 11.3 Å². The summed E-state index contributed by atoms with van der Waals surface area (Å²) in [5, 5.41) is 8.48. The van der Waals surface area contributed by atoms with Gasteiger partial charge in [-0.25, -0.2) is 9.48 Å². The molecule has 1 N–H and O–H groups in total. The maximum absolute atomic E-state index is 14.2. The molecule has 0 saturated heterocycles. The van der Waals surface area contributed by atoms with Crippen molar-refractivity contribution in [2.24, 2.45) is 17.8 Å². The Morgan fingerprint density at radius 1 is 1.07 bits per heavy atom. The van der Waals surface area contributed by atoms with Crippen LogP contribution in [0.3, 0.4) is 0 Å². The average molecular weight is 575 g/mol. The average Bonchev–Trinajstić information content (AvgIpc) is 3.53. The molecule has 7 rings (SSSR count). The second-order valence-corrected chi connectivity index (χ2v) is 13.4. The van der Waals surface area contributed by atoms with Crippen LogP contribution in [0.25, 0.3) is 5.69 Å². The number of amides is 2. The van der Waals surface area contributed by atoms with Crippen LogP contribution in [0, 0.1) is 24.7 Å². The van der Waals surface area contributed by atoms with Crippen LogP contribution in [0.5, 0.6) is 0 Å². The van der Waals surface area contributed by atoms with E-state index in [0.29, 0.717) is 45.2 Å². The number of aromatic nitrogens is 2. The summed E-state index contributed by atoms with van der Waals surface area (Å²) in [7, 11) is 3.34. The minimum absolute atomic E-state index is 0.109. The number of para-hydroxylation sites is 1. The number of anilines is 1. The van der Waals surface area contributed by atoms with E-state index in [1.54, 1.807) is 21.0 Å². The molecule has 216 valence electrons. The zero-order valence-corrected chi connectivity index (χ0v) is 25.1. The molecule has 4 bridgehead atoms. The van der Waals surface area contributed by atoms with E-state index in [9.17, 15) is 14.4 Å². The molecule has 2 amide bonds. The summed E-state index contributed by atoms with van der Waals surface area (Å²) in [6.45, 7) is 3.92. The normalized spacial score (nSPS) is 24.3. The van der Waals surface area contributed by atoms with Crippen molar-refractivity contribution in [3.8, 4) is 5.69 Å². The Morgan fingerprint density at radius 2 is 1.71 bits per heavy atom. The lowest BCUT2D eigenvalue weighted by atomic mass is 9.48. The number of benzene rings is 1. The highest BCUT2D eigenvalue weighted by molar-refractivity contribution is 7.18. The van der Waals surface area contributed by atoms with Crippen molar-refractivity contribution in [2.75, 3.05) is 26.0 Å². The molecule has 0 radical (unpaired) electrons. The number of thiophene rings is 1. The molecule has 9 heteroatoms. The van der Waals surface area contributed by atoms with Crippen molar-refractivity contribution in [3.63, 3.8) is 0 Å². The maximum atomic E-state index is 14.2. The minimum atomic E-state index is -0.532. The van der Waals surface area contributed by atoms with Gasteiger partial charge in [-0.2, -0.15) is 5.10 Å². The van der Waals surface area contributed by atoms with Crippen LogP contribution < -0.4 is 5.32 Å². The first-order valence-corrected chi connectivity index (χ1v) is 15.5. The number of carbonyl (C=O) groups is 3. The van der Waals surface area contributed by atoms with Crippen LogP contribution in [0.1, 0.15) is 93.5 Å². The van der Waals surface area contributed by atoms with Crippen LogP contribution in [-0.4, -0.2) is 53.2 Å². The molecule has 2 aromatic heterocycles. The Balaban J connectivity index is 1.41. The first-order chi connectivity index (χ1) is 19.7. The Morgan fingerprint density at radius 3 is 2.29 bits per heavy atom. The second kappa shape index (κ2) is 10.7. The van der Waals surface area contributed by atoms with Crippen LogP contribution in [-0.2, 0) is 10.2 Å². The molecular formula is C32H38N4O4S. The summed E-state index contributed by atoms with van der Waals surface area (Å²) in [5.74, 6) is 1.02.